The summed E-state index contributed by atoms with van der Waals surface area (Å²) in [6.45, 7) is 2.34. The van der Waals surface area contributed by atoms with E-state index in [2.05, 4.69) is 12.2 Å². The Morgan fingerprint density at radius 3 is 2.54 bits per heavy atom. The smallest absolute Gasteiger partial charge is 0.0733 e. The Bertz CT molecular complexity index is 200. The summed E-state index contributed by atoms with van der Waals surface area (Å²) in [5.41, 5.74) is 0. The van der Waals surface area contributed by atoms with E-state index in [0.29, 0.717) is 18.2 Å². The van der Waals surface area contributed by atoms with Crippen molar-refractivity contribution in [1.82, 2.24) is 5.32 Å². The van der Waals surface area contributed by atoms with Crippen molar-refractivity contribution >= 4 is 0 Å². The van der Waals surface area contributed by atoms with Gasteiger partial charge in [-0.15, -0.1) is 0 Å². The van der Waals surface area contributed by atoms with Crippen molar-refractivity contribution in [2.75, 3.05) is 0 Å². The third-order valence-electron chi connectivity index (χ3n) is 3.93. The first kappa shape index (κ1) is 8.25. The largest absolute Gasteiger partial charge is 0.373 e. The van der Waals surface area contributed by atoms with Crippen molar-refractivity contribution in [3.05, 3.63) is 0 Å². The Morgan fingerprint density at radius 2 is 2.00 bits per heavy atom. The van der Waals surface area contributed by atoms with Crippen LogP contribution in [0.15, 0.2) is 0 Å². The average Bonchev–Trinajstić information content (AvgIpc) is 2.62. The van der Waals surface area contributed by atoms with Gasteiger partial charge >= 0.3 is 0 Å². The predicted molar refractivity (Wildman–Crippen MR) is 51.6 cm³/mol. The molecule has 0 aromatic rings. The quantitative estimate of drug-likeness (QED) is 0.700. The summed E-state index contributed by atoms with van der Waals surface area (Å²) in [7, 11) is 0. The standard InChI is InChI=1S/C11H19NO/c1-7-4-8(5-7)12-10-6-9-2-3-11(10)13-9/h7-12H,2-6H2,1H3/t7?,8?,9?,10-,11?/m0/s1. The fraction of sp³-hybridized carbons (Fsp3) is 1.00. The van der Waals surface area contributed by atoms with Gasteiger partial charge in [0, 0.05) is 12.1 Å². The predicted octanol–water partition coefficient (Wildman–Crippen LogP) is 1.69. The minimum Gasteiger partial charge on any atom is -0.373 e. The van der Waals surface area contributed by atoms with Crippen molar-refractivity contribution in [1.29, 1.82) is 0 Å². The van der Waals surface area contributed by atoms with E-state index in [1.165, 1.54) is 32.1 Å². The molecule has 2 aliphatic heterocycles. The van der Waals surface area contributed by atoms with Crippen LogP contribution < -0.4 is 5.32 Å². The molecule has 0 aromatic carbocycles. The number of rotatable bonds is 2. The van der Waals surface area contributed by atoms with Gasteiger partial charge in [0.2, 0.25) is 0 Å². The third kappa shape index (κ3) is 1.40. The highest BCUT2D eigenvalue weighted by molar-refractivity contribution is 4.97. The number of nitrogens with one attached hydrogen (secondary N) is 1. The van der Waals surface area contributed by atoms with Gasteiger partial charge in [0.15, 0.2) is 0 Å². The maximum atomic E-state index is 5.82. The lowest BCUT2D eigenvalue weighted by Crippen LogP contribution is -2.49. The van der Waals surface area contributed by atoms with Gasteiger partial charge in [0.05, 0.1) is 12.2 Å². The summed E-state index contributed by atoms with van der Waals surface area (Å²) in [6.07, 6.45) is 7.80. The van der Waals surface area contributed by atoms with E-state index >= 15 is 0 Å². The highest BCUT2D eigenvalue weighted by Crippen LogP contribution is 2.36. The van der Waals surface area contributed by atoms with E-state index in [-0.39, 0.29) is 0 Å². The number of fused-ring (bicyclic) bond motifs is 2. The van der Waals surface area contributed by atoms with E-state index in [9.17, 15) is 0 Å². The van der Waals surface area contributed by atoms with Crippen LogP contribution in [0.25, 0.3) is 0 Å². The Kier molecular flexibility index (Phi) is 1.88. The van der Waals surface area contributed by atoms with E-state index in [1.807, 2.05) is 0 Å². The molecule has 2 unspecified atom stereocenters. The number of hydrogen-bond donors (Lipinski definition) is 1. The summed E-state index contributed by atoms with van der Waals surface area (Å²) in [6, 6.07) is 1.50. The maximum Gasteiger partial charge on any atom is 0.0733 e. The molecule has 2 heteroatoms. The molecular weight excluding hydrogens is 162 g/mol. The molecule has 0 aromatic heterocycles. The third-order valence-corrected chi connectivity index (χ3v) is 3.93. The fourth-order valence-corrected chi connectivity index (χ4v) is 3.15. The van der Waals surface area contributed by atoms with Gasteiger partial charge in [-0.3, -0.25) is 0 Å². The van der Waals surface area contributed by atoms with Gasteiger partial charge < -0.3 is 10.1 Å². The molecule has 74 valence electrons. The molecule has 1 aliphatic carbocycles. The summed E-state index contributed by atoms with van der Waals surface area (Å²) >= 11 is 0. The first-order chi connectivity index (χ1) is 6.31. The van der Waals surface area contributed by atoms with Crippen molar-refractivity contribution in [3.8, 4) is 0 Å². The van der Waals surface area contributed by atoms with Crippen molar-refractivity contribution in [2.24, 2.45) is 5.92 Å². The molecule has 0 radical (unpaired) electrons. The van der Waals surface area contributed by atoms with Crippen LogP contribution in [-0.4, -0.2) is 24.3 Å². The molecule has 2 bridgehead atoms. The van der Waals surface area contributed by atoms with Crippen LogP contribution in [0.4, 0.5) is 0 Å². The van der Waals surface area contributed by atoms with E-state index in [0.717, 1.165) is 12.0 Å². The molecular formula is C11H19NO. The Balaban J connectivity index is 1.51. The average molecular weight is 181 g/mol. The zero-order chi connectivity index (χ0) is 8.84. The second-order valence-electron chi connectivity index (χ2n) is 5.16. The minimum atomic E-state index is 0.556. The summed E-state index contributed by atoms with van der Waals surface area (Å²) in [5, 5.41) is 3.75. The van der Waals surface area contributed by atoms with E-state index in [4.69, 9.17) is 4.74 Å². The second-order valence-corrected chi connectivity index (χ2v) is 5.16. The molecule has 3 atom stereocenters. The molecule has 2 nitrogen and oxygen atoms in total. The fourth-order valence-electron chi connectivity index (χ4n) is 3.15. The summed E-state index contributed by atoms with van der Waals surface area (Å²) < 4.78 is 5.82. The van der Waals surface area contributed by atoms with Crippen molar-refractivity contribution in [2.45, 2.75) is 63.3 Å². The molecule has 3 aliphatic rings. The van der Waals surface area contributed by atoms with Crippen LogP contribution >= 0.6 is 0 Å². The zero-order valence-electron chi connectivity index (χ0n) is 8.33. The molecule has 2 heterocycles. The van der Waals surface area contributed by atoms with Gasteiger partial charge in [0.25, 0.3) is 0 Å². The monoisotopic (exact) mass is 181 g/mol. The lowest BCUT2D eigenvalue weighted by atomic mass is 9.80. The highest BCUT2D eigenvalue weighted by atomic mass is 16.5. The summed E-state index contributed by atoms with van der Waals surface area (Å²) in [5.74, 6) is 0.956. The lowest BCUT2D eigenvalue weighted by Gasteiger charge is -2.37. The van der Waals surface area contributed by atoms with E-state index in [1.54, 1.807) is 0 Å². The van der Waals surface area contributed by atoms with Crippen LogP contribution in [-0.2, 0) is 4.74 Å². The number of hydrogen-bond acceptors (Lipinski definition) is 2. The Labute approximate surface area is 80.0 Å². The Morgan fingerprint density at radius 1 is 1.15 bits per heavy atom. The van der Waals surface area contributed by atoms with Crippen LogP contribution in [0.2, 0.25) is 0 Å². The first-order valence-electron chi connectivity index (χ1n) is 5.73. The molecule has 13 heavy (non-hydrogen) atoms. The van der Waals surface area contributed by atoms with Crippen LogP contribution in [0.1, 0.15) is 39.0 Å². The van der Waals surface area contributed by atoms with Crippen molar-refractivity contribution < 1.29 is 4.74 Å². The van der Waals surface area contributed by atoms with Gasteiger partial charge in [-0.25, -0.2) is 0 Å². The lowest BCUT2D eigenvalue weighted by molar-refractivity contribution is 0.0917. The van der Waals surface area contributed by atoms with Gasteiger partial charge in [-0.2, -0.15) is 0 Å². The molecule has 0 amide bonds. The molecule has 1 saturated carbocycles. The van der Waals surface area contributed by atoms with Gasteiger partial charge in [-0.1, -0.05) is 6.92 Å². The molecule has 1 N–H and O–H groups in total. The highest BCUT2D eigenvalue weighted by Gasteiger charge is 2.42. The molecule has 3 rings (SSSR count). The molecule has 0 spiro atoms. The zero-order valence-corrected chi connectivity index (χ0v) is 8.33. The van der Waals surface area contributed by atoms with Crippen molar-refractivity contribution in [3.63, 3.8) is 0 Å². The SMILES string of the molecule is CC1CC(N[C@H]2CC3CCC2O3)C1. The molecule has 2 saturated heterocycles. The van der Waals surface area contributed by atoms with Gasteiger partial charge in [0.1, 0.15) is 0 Å². The normalized spacial score (nSPS) is 53.8. The van der Waals surface area contributed by atoms with Gasteiger partial charge in [-0.05, 0) is 38.0 Å². The maximum absolute atomic E-state index is 5.82. The minimum absolute atomic E-state index is 0.556. The topological polar surface area (TPSA) is 21.3 Å². The first-order valence-corrected chi connectivity index (χ1v) is 5.73. The second kappa shape index (κ2) is 2.96. The van der Waals surface area contributed by atoms with E-state index < -0.39 is 0 Å². The molecule has 3 fully saturated rings. The Hall–Kier alpha value is -0.0800. The van der Waals surface area contributed by atoms with Crippen LogP contribution in [0.5, 0.6) is 0 Å². The van der Waals surface area contributed by atoms with Crippen LogP contribution in [0.3, 0.4) is 0 Å². The van der Waals surface area contributed by atoms with Crippen LogP contribution in [0, 0.1) is 5.92 Å². The summed E-state index contributed by atoms with van der Waals surface area (Å²) in [4.78, 5) is 0. The number of ether oxygens (including phenoxy) is 1.